The zero-order valence-corrected chi connectivity index (χ0v) is 11.3. The topological polar surface area (TPSA) is 42.2 Å². The third-order valence-corrected chi connectivity index (χ3v) is 3.28. The molecule has 1 aromatic carbocycles. The highest BCUT2D eigenvalue weighted by atomic mass is 127. The first-order chi connectivity index (χ1) is 8.16. The Labute approximate surface area is 113 Å². The molecule has 0 saturated carbocycles. The smallest absolute Gasteiger partial charge is 0.336 e. The van der Waals surface area contributed by atoms with Gasteiger partial charge in [-0.3, -0.25) is 0 Å². The summed E-state index contributed by atoms with van der Waals surface area (Å²) in [5.41, 5.74) is 1.29. The van der Waals surface area contributed by atoms with Crippen LogP contribution in [0, 0.1) is 3.57 Å². The number of nitrogens with zero attached hydrogens (tertiary/aromatic N) is 1. The summed E-state index contributed by atoms with van der Waals surface area (Å²) in [5.74, 6) is -0.856. The molecule has 0 spiro atoms. The van der Waals surface area contributed by atoms with Crippen LogP contribution in [0.2, 0.25) is 0 Å². The van der Waals surface area contributed by atoms with Crippen LogP contribution in [0.5, 0.6) is 0 Å². The summed E-state index contributed by atoms with van der Waals surface area (Å²) in [4.78, 5) is 11.1. The molecule has 1 N–H and O–H groups in total. The van der Waals surface area contributed by atoms with E-state index < -0.39 is 5.97 Å². The number of aryl methyl sites for hydroxylation is 2. The van der Waals surface area contributed by atoms with Crippen LogP contribution in [0.4, 0.5) is 0 Å². The van der Waals surface area contributed by atoms with Gasteiger partial charge in [-0.15, -0.1) is 0 Å². The Balaban J connectivity index is 2.17. The Bertz CT molecular complexity index is 520. The lowest BCUT2D eigenvalue weighted by molar-refractivity contribution is 0.0695. The van der Waals surface area contributed by atoms with Gasteiger partial charge in [0.1, 0.15) is 0 Å². The van der Waals surface area contributed by atoms with E-state index in [-0.39, 0.29) is 0 Å². The minimum absolute atomic E-state index is 0.407. The SMILES string of the molecule is O=C(O)c1cc(I)ccc1CCn1cccc1. The first-order valence-corrected chi connectivity index (χ1v) is 6.37. The molecule has 0 amide bonds. The molecule has 2 aromatic rings. The van der Waals surface area contributed by atoms with Gasteiger partial charge in [-0.1, -0.05) is 6.07 Å². The molecular formula is C13H12INO2. The average molecular weight is 341 g/mol. The van der Waals surface area contributed by atoms with Gasteiger partial charge in [-0.2, -0.15) is 0 Å². The highest BCUT2D eigenvalue weighted by molar-refractivity contribution is 14.1. The molecule has 1 aromatic heterocycles. The number of benzene rings is 1. The second-order valence-electron chi connectivity index (χ2n) is 3.78. The fraction of sp³-hybridized carbons (Fsp3) is 0.154. The number of halogens is 1. The number of rotatable bonds is 4. The van der Waals surface area contributed by atoms with Crippen LogP contribution in [-0.2, 0) is 13.0 Å². The van der Waals surface area contributed by atoms with E-state index in [9.17, 15) is 4.79 Å². The second-order valence-corrected chi connectivity index (χ2v) is 5.02. The highest BCUT2D eigenvalue weighted by Gasteiger charge is 2.10. The third-order valence-electron chi connectivity index (χ3n) is 2.61. The lowest BCUT2D eigenvalue weighted by Crippen LogP contribution is -2.06. The molecule has 0 bridgehead atoms. The van der Waals surface area contributed by atoms with Gasteiger partial charge in [0, 0.05) is 22.5 Å². The van der Waals surface area contributed by atoms with Crippen molar-refractivity contribution in [1.29, 1.82) is 0 Å². The Morgan fingerprint density at radius 3 is 2.65 bits per heavy atom. The van der Waals surface area contributed by atoms with E-state index in [1.807, 2.05) is 41.2 Å². The Hall–Kier alpha value is -1.30. The Kier molecular flexibility index (Phi) is 3.83. The van der Waals surface area contributed by atoms with Gasteiger partial charge in [0.2, 0.25) is 0 Å². The Morgan fingerprint density at radius 2 is 2.00 bits per heavy atom. The van der Waals surface area contributed by atoms with Crippen molar-refractivity contribution in [3.8, 4) is 0 Å². The number of carbonyl (C=O) groups is 1. The van der Waals surface area contributed by atoms with E-state index in [1.165, 1.54) is 0 Å². The van der Waals surface area contributed by atoms with E-state index in [4.69, 9.17) is 5.11 Å². The second kappa shape index (κ2) is 5.35. The molecule has 0 radical (unpaired) electrons. The first kappa shape index (κ1) is 12.2. The molecule has 17 heavy (non-hydrogen) atoms. The van der Waals surface area contributed by atoms with Crippen molar-refractivity contribution in [2.24, 2.45) is 0 Å². The zero-order valence-electron chi connectivity index (χ0n) is 9.14. The van der Waals surface area contributed by atoms with Crippen molar-refractivity contribution in [2.75, 3.05) is 0 Å². The monoisotopic (exact) mass is 341 g/mol. The van der Waals surface area contributed by atoms with Crippen LogP contribution in [0.25, 0.3) is 0 Å². The highest BCUT2D eigenvalue weighted by Crippen LogP contribution is 2.15. The van der Waals surface area contributed by atoms with Gasteiger partial charge in [-0.25, -0.2) is 4.79 Å². The molecule has 1 heterocycles. The van der Waals surface area contributed by atoms with Gasteiger partial charge in [0.15, 0.2) is 0 Å². The average Bonchev–Trinajstić information content (AvgIpc) is 2.80. The molecule has 88 valence electrons. The normalized spacial score (nSPS) is 10.4. The van der Waals surface area contributed by atoms with E-state index in [0.29, 0.717) is 5.56 Å². The molecular weight excluding hydrogens is 329 g/mol. The lowest BCUT2D eigenvalue weighted by Gasteiger charge is -2.07. The van der Waals surface area contributed by atoms with Crippen molar-refractivity contribution in [3.05, 3.63) is 57.4 Å². The van der Waals surface area contributed by atoms with E-state index in [0.717, 1.165) is 22.1 Å². The number of carboxylic acids is 1. The number of carboxylic acid groups (broad SMARTS) is 1. The molecule has 3 nitrogen and oxygen atoms in total. The minimum atomic E-state index is -0.856. The summed E-state index contributed by atoms with van der Waals surface area (Å²) in [5, 5.41) is 9.14. The van der Waals surface area contributed by atoms with Crippen LogP contribution in [0.1, 0.15) is 15.9 Å². The summed E-state index contributed by atoms with van der Waals surface area (Å²) >= 11 is 2.13. The fourth-order valence-electron chi connectivity index (χ4n) is 1.73. The van der Waals surface area contributed by atoms with Crippen molar-refractivity contribution in [3.63, 3.8) is 0 Å². The summed E-state index contributed by atoms with van der Waals surface area (Å²) in [6.07, 6.45) is 4.69. The molecule has 0 unspecified atom stereocenters. The maximum atomic E-state index is 11.1. The first-order valence-electron chi connectivity index (χ1n) is 5.29. The van der Waals surface area contributed by atoms with E-state index in [2.05, 4.69) is 22.6 Å². The van der Waals surface area contributed by atoms with Gasteiger partial charge in [0.05, 0.1) is 5.56 Å². The van der Waals surface area contributed by atoms with Crippen molar-refractivity contribution >= 4 is 28.6 Å². The number of aromatic nitrogens is 1. The molecule has 0 atom stereocenters. The van der Waals surface area contributed by atoms with Crippen molar-refractivity contribution in [2.45, 2.75) is 13.0 Å². The molecule has 0 aliphatic carbocycles. The van der Waals surface area contributed by atoms with Crippen LogP contribution >= 0.6 is 22.6 Å². The quantitative estimate of drug-likeness (QED) is 0.869. The van der Waals surface area contributed by atoms with Crippen LogP contribution < -0.4 is 0 Å². The lowest BCUT2D eigenvalue weighted by atomic mass is 10.0. The maximum absolute atomic E-state index is 11.1. The van der Waals surface area contributed by atoms with Gasteiger partial charge in [-0.05, 0) is 58.8 Å². The fourth-order valence-corrected chi connectivity index (χ4v) is 2.23. The number of hydrogen-bond acceptors (Lipinski definition) is 1. The van der Waals surface area contributed by atoms with Gasteiger partial charge < -0.3 is 9.67 Å². The largest absolute Gasteiger partial charge is 0.478 e. The predicted molar refractivity (Wildman–Crippen MR) is 74.3 cm³/mol. The van der Waals surface area contributed by atoms with Crippen LogP contribution in [0.15, 0.2) is 42.7 Å². The number of hydrogen-bond donors (Lipinski definition) is 1. The van der Waals surface area contributed by atoms with Crippen LogP contribution in [-0.4, -0.2) is 15.6 Å². The summed E-state index contributed by atoms with van der Waals surface area (Å²) in [7, 11) is 0. The predicted octanol–water partition coefficient (Wildman–Crippen LogP) is 3.03. The minimum Gasteiger partial charge on any atom is -0.478 e. The molecule has 0 fully saturated rings. The van der Waals surface area contributed by atoms with Gasteiger partial charge >= 0.3 is 5.97 Å². The van der Waals surface area contributed by atoms with E-state index >= 15 is 0 Å². The molecule has 2 rings (SSSR count). The van der Waals surface area contributed by atoms with E-state index in [1.54, 1.807) is 6.07 Å². The molecule has 0 aliphatic heterocycles. The van der Waals surface area contributed by atoms with Crippen LogP contribution in [0.3, 0.4) is 0 Å². The summed E-state index contributed by atoms with van der Waals surface area (Å²) in [6.45, 7) is 0.799. The standard InChI is InChI=1S/C13H12INO2/c14-11-4-3-10(12(9-11)13(16)17)5-8-15-6-1-2-7-15/h1-4,6-7,9H,5,8H2,(H,16,17). The molecule has 0 saturated heterocycles. The van der Waals surface area contributed by atoms with Crippen molar-refractivity contribution in [1.82, 2.24) is 4.57 Å². The summed E-state index contributed by atoms with van der Waals surface area (Å²) < 4.78 is 2.99. The summed E-state index contributed by atoms with van der Waals surface area (Å²) in [6, 6.07) is 9.48. The molecule has 4 heteroatoms. The Morgan fingerprint density at radius 1 is 1.29 bits per heavy atom. The number of aromatic carboxylic acids is 1. The molecule has 0 aliphatic rings. The third kappa shape index (κ3) is 3.09. The maximum Gasteiger partial charge on any atom is 0.336 e. The van der Waals surface area contributed by atoms with Crippen molar-refractivity contribution < 1.29 is 9.90 Å². The zero-order chi connectivity index (χ0) is 12.3. The van der Waals surface area contributed by atoms with Gasteiger partial charge in [0.25, 0.3) is 0 Å².